The summed E-state index contributed by atoms with van der Waals surface area (Å²) in [5, 5.41) is 0. The van der Waals surface area contributed by atoms with Crippen LogP contribution in [0.2, 0.25) is 0 Å². The topological polar surface area (TPSA) is 44.5 Å². The number of halogens is 1. The molecule has 3 rings (SSSR count). The zero-order chi connectivity index (χ0) is 15.4. The van der Waals surface area contributed by atoms with E-state index < -0.39 is 0 Å². The summed E-state index contributed by atoms with van der Waals surface area (Å²) in [5.74, 6) is 2.20. The summed E-state index contributed by atoms with van der Waals surface area (Å²) >= 11 is 2.25. The van der Waals surface area contributed by atoms with Gasteiger partial charge in [-0.25, -0.2) is 4.98 Å². The van der Waals surface area contributed by atoms with Crippen LogP contribution in [-0.4, -0.2) is 12.1 Å². The summed E-state index contributed by atoms with van der Waals surface area (Å²) in [7, 11) is 1.64. The molecule has 0 amide bonds. The Kier molecular flexibility index (Phi) is 4.62. The van der Waals surface area contributed by atoms with Crippen molar-refractivity contribution in [2.24, 2.45) is 0 Å². The van der Waals surface area contributed by atoms with Crippen LogP contribution >= 0.6 is 22.6 Å². The lowest BCUT2D eigenvalue weighted by Crippen LogP contribution is -1.95. The Balaban J connectivity index is 1.68. The van der Waals surface area contributed by atoms with Gasteiger partial charge in [0.2, 0.25) is 5.89 Å². The van der Waals surface area contributed by atoms with Gasteiger partial charge < -0.3 is 13.9 Å². The van der Waals surface area contributed by atoms with Crippen molar-refractivity contribution in [3.8, 4) is 23.0 Å². The third kappa shape index (κ3) is 3.59. The second-order valence-corrected chi connectivity index (χ2v) is 5.86. The first-order valence-electron chi connectivity index (χ1n) is 6.72. The van der Waals surface area contributed by atoms with Gasteiger partial charge in [0.15, 0.2) is 0 Å². The zero-order valence-corrected chi connectivity index (χ0v) is 14.1. The Morgan fingerprint density at radius 2 is 1.91 bits per heavy atom. The molecule has 22 heavy (non-hydrogen) atoms. The lowest BCUT2D eigenvalue weighted by molar-refractivity contribution is 0.301. The predicted octanol–water partition coefficient (Wildman–Crippen LogP) is 4.53. The van der Waals surface area contributed by atoms with Gasteiger partial charge in [0.25, 0.3) is 0 Å². The molecule has 4 nitrogen and oxygen atoms in total. The maximum absolute atomic E-state index is 5.71. The number of oxazole rings is 1. The normalized spacial score (nSPS) is 10.5. The van der Waals surface area contributed by atoms with Crippen molar-refractivity contribution in [2.45, 2.75) is 6.61 Å². The van der Waals surface area contributed by atoms with E-state index in [-0.39, 0.29) is 0 Å². The van der Waals surface area contributed by atoms with E-state index in [4.69, 9.17) is 13.9 Å². The Morgan fingerprint density at radius 3 is 2.64 bits per heavy atom. The lowest BCUT2D eigenvalue weighted by Gasteiger charge is -2.03. The van der Waals surface area contributed by atoms with Gasteiger partial charge in [-0.15, -0.1) is 0 Å². The Hall–Kier alpha value is -2.02. The van der Waals surface area contributed by atoms with Gasteiger partial charge in [-0.05, 0) is 65.1 Å². The molecule has 112 valence electrons. The van der Waals surface area contributed by atoms with Gasteiger partial charge in [0.1, 0.15) is 30.1 Å². The van der Waals surface area contributed by atoms with Crippen LogP contribution in [0.1, 0.15) is 5.69 Å². The van der Waals surface area contributed by atoms with Gasteiger partial charge in [-0.2, -0.15) is 0 Å². The lowest BCUT2D eigenvalue weighted by atomic mass is 10.2. The van der Waals surface area contributed by atoms with Crippen LogP contribution in [0.25, 0.3) is 11.5 Å². The first-order chi connectivity index (χ1) is 10.7. The van der Waals surface area contributed by atoms with Crippen LogP contribution in [0.4, 0.5) is 0 Å². The molecular weight excluding hydrogens is 393 g/mol. The predicted molar refractivity (Wildman–Crippen MR) is 92.0 cm³/mol. The van der Waals surface area contributed by atoms with E-state index in [0.29, 0.717) is 12.5 Å². The summed E-state index contributed by atoms with van der Waals surface area (Å²) < 4.78 is 17.5. The fourth-order valence-corrected chi connectivity index (χ4v) is 2.47. The molecule has 0 unspecified atom stereocenters. The monoisotopic (exact) mass is 407 g/mol. The van der Waals surface area contributed by atoms with E-state index in [9.17, 15) is 0 Å². The zero-order valence-electron chi connectivity index (χ0n) is 12.0. The second kappa shape index (κ2) is 6.83. The van der Waals surface area contributed by atoms with Gasteiger partial charge in [0, 0.05) is 9.13 Å². The van der Waals surface area contributed by atoms with Gasteiger partial charge in [-0.1, -0.05) is 6.07 Å². The van der Waals surface area contributed by atoms with Crippen molar-refractivity contribution in [1.82, 2.24) is 4.98 Å². The minimum atomic E-state index is 0.375. The quantitative estimate of drug-likeness (QED) is 0.583. The summed E-state index contributed by atoms with van der Waals surface area (Å²) in [6, 6.07) is 15.5. The molecule has 0 fully saturated rings. The molecular formula is C17H14INO3. The molecule has 0 aliphatic rings. The molecule has 0 saturated carbocycles. The molecule has 0 atom stereocenters. The van der Waals surface area contributed by atoms with E-state index in [1.165, 1.54) is 0 Å². The average molecular weight is 407 g/mol. The second-order valence-electron chi connectivity index (χ2n) is 4.62. The minimum absolute atomic E-state index is 0.375. The van der Waals surface area contributed by atoms with E-state index in [1.807, 2.05) is 48.5 Å². The van der Waals surface area contributed by atoms with Crippen molar-refractivity contribution >= 4 is 22.6 Å². The molecule has 0 aliphatic carbocycles. The number of aromatic nitrogens is 1. The third-order valence-corrected chi connectivity index (χ3v) is 3.74. The summed E-state index contributed by atoms with van der Waals surface area (Å²) in [6.07, 6.45) is 1.62. The molecule has 1 heterocycles. The minimum Gasteiger partial charge on any atom is -0.497 e. The molecule has 1 aromatic heterocycles. The number of benzene rings is 2. The Bertz CT molecular complexity index is 753. The molecule has 0 aliphatic heterocycles. The van der Waals surface area contributed by atoms with Crippen LogP contribution in [-0.2, 0) is 6.61 Å². The van der Waals surface area contributed by atoms with Gasteiger partial charge >= 0.3 is 0 Å². The molecule has 3 aromatic rings. The van der Waals surface area contributed by atoms with Crippen LogP contribution in [0.3, 0.4) is 0 Å². The van der Waals surface area contributed by atoms with Crippen LogP contribution in [0, 0.1) is 3.57 Å². The highest BCUT2D eigenvalue weighted by Crippen LogP contribution is 2.22. The van der Waals surface area contributed by atoms with Crippen LogP contribution in [0.15, 0.2) is 59.2 Å². The van der Waals surface area contributed by atoms with E-state index in [0.717, 1.165) is 26.3 Å². The summed E-state index contributed by atoms with van der Waals surface area (Å²) in [4.78, 5) is 4.44. The third-order valence-electron chi connectivity index (χ3n) is 3.07. The number of methoxy groups -OCH3 is 1. The average Bonchev–Trinajstić information content (AvgIpc) is 3.02. The number of rotatable bonds is 5. The smallest absolute Gasteiger partial charge is 0.226 e. The highest BCUT2D eigenvalue weighted by Gasteiger charge is 2.07. The molecule has 0 spiro atoms. The molecule has 5 heteroatoms. The molecule has 0 radical (unpaired) electrons. The van der Waals surface area contributed by atoms with Crippen molar-refractivity contribution in [3.05, 3.63) is 64.1 Å². The Morgan fingerprint density at radius 1 is 1.09 bits per heavy atom. The number of ether oxygens (including phenoxy) is 2. The van der Waals surface area contributed by atoms with E-state index in [1.54, 1.807) is 13.4 Å². The Labute approximate surface area is 142 Å². The number of nitrogens with zero attached hydrogens (tertiary/aromatic N) is 1. The fourth-order valence-electron chi connectivity index (χ4n) is 1.95. The fraction of sp³-hybridized carbons (Fsp3) is 0.118. The van der Waals surface area contributed by atoms with Crippen LogP contribution < -0.4 is 9.47 Å². The van der Waals surface area contributed by atoms with Gasteiger partial charge in [-0.3, -0.25) is 0 Å². The summed E-state index contributed by atoms with van der Waals surface area (Å²) in [6.45, 7) is 0.375. The van der Waals surface area contributed by atoms with Gasteiger partial charge in [0.05, 0.1) is 7.11 Å². The molecule has 2 aromatic carbocycles. The highest BCUT2D eigenvalue weighted by atomic mass is 127. The molecule has 0 N–H and O–H groups in total. The van der Waals surface area contributed by atoms with E-state index in [2.05, 4.69) is 27.6 Å². The molecule has 0 saturated heterocycles. The van der Waals surface area contributed by atoms with Crippen molar-refractivity contribution in [2.75, 3.05) is 7.11 Å². The van der Waals surface area contributed by atoms with E-state index >= 15 is 0 Å². The van der Waals surface area contributed by atoms with Crippen molar-refractivity contribution < 1.29 is 13.9 Å². The standard InChI is InChI=1S/C17H14INO3/c1-20-15-7-5-12(6-8-15)17-19-14(11-22-17)10-21-16-4-2-3-13(18)9-16/h2-9,11H,10H2,1H3. The molecule has 0 bridgehead atoms. The first kappa shape index (κ1) is 14.9. The summed E-state index contributed by atoms with van der Waals surface area (Å²) in [5.41, 5.74) is 1.66. The largest absolute Gasteiger partial charge is 0.497 e. The maximum atomic E-state index is 5.71. The van der Waals surface area contributed by atoms with Crippen LogP contribution in [0.5, 0.6) is 11.5 Å². The first-order valence-corrected chi connectivity index (χ1v) is 7.79. The van der Waals surface area contributed by atoms with Crippen molar-refractivity contribution in [1.29, 1.82) is 0 Å². The number of hydrogen-bond acceptors (Lipinski definition) is 4. The highest BCUT2D eigenvalue weighted by molar-refractivity contribution is 14.1. The SMILES string of the molecule is COc1ccc(-c2nc(COc3cccc(I)c3)co2)cc1. The van der Waals surface area contributed by atoms with Crippen molar-refractivity contribution in [3.63, 3.8) is 0 Å². The maximum Gasteiger partial charge on any atom is 0.226 e. The number of hydrogen-bond donors (Lipinski definition) is 0.